The van der Waals surface area contributed by atoms with Crippen molar-refractivity contribution in [2.75, 3.05) is 18.0 Å². The molecule has 0 radical (unpaired) electrons. The van der Waals surface area contributed by atoms with Crippen LogP contribution in [0.15, 0.2) is 24.3 Å². The number of carboxylic acids is 1. The van der Waals surface area contributed by atoms with Crippen molar-refractivity contribution in [3.63, 3.8) is 0 Å². The second-order valence-electron chi connectivity index (χ2n) is 6.62. The molecule has 1 heterocycles. The van der Waals surface area contributed by atoms with Gasteiger partial charge in [-0.3, -0.25) is 19.3 Å². The number of anilines is 1. The van der Waals surface area contributed by atoms with Gasteiger partial charge < -0.3 is 15.2 Å². The lowest BCUT2D eigenvalue weighted by Gasteiger charge is -2.32. The van der Waals surface area contributed by atoms with E-state index in [1.54, 1.807) is 31.2 Å². The lowest BCUT2D eigenvalue weighted by atomic mass is 9.97. The summed E-state index contributed by atoms with van der Waals surface area (Å²) in [5.41, 5.74) is 0.540. The molecule has 0 saturated heterocycles. The number of benzene rings is 1. The molecule has 2 atom stereocenters. The van der Waals surface area contributed by atoms with Gasteiger partial charge in [0.1, 0.15) is 12.3 Å². The van der Waals surface area contributed by atoms with E-state index in [0.29, 0.717) is 17.9 Å². The van der Waals surface area contributed by atoms with E-state index < -0.39 is 23.9 Å². The number of ether oxygens (including phenoxy) is 1. The van der Waals surface area contributed by atoms with Crippen molar-refractivity contribution in [3.05, 3.63) is 24.3 Å². The summed E-state index contributed by atoms with van der Waals surface area (Å²) in [7, 11) is 0. The first-order chi connectivity index (χ1) is 11.8. The second-order valence-corrected chi connectivity index (χ2v) is 6.62. The van der Waals surface area contributed by atoms with Crippen LogP contribution in [0.1, 0.15) is 27.2 Å². The third-order valence-corrected chi connectivity index (χ3v) is 4.03. The van der Waals surface area contributed by atoms with E-state index in [4.69, 9.17) is 4.74 Å². The maximum Gasteiger partial charge on any atom is 0.308 e. The van der Waals surface area contributed by atoms with Gasteiger partial charge in [0.2, 0.25) is 5.91 Å². The number of carboxylic acid groups (broad SMARTS) is 1. The van der Waals surface area contributed by atoms with Crippen LogP contribution in [-0.2, 0) is 14.4 Å². The van der Waals surface area contributed by atoms with Crippen molar-refractivity contribution < 1.29 is 24.2 Å². The lowest BCUT2D eigenvalue weighted by Crippen LogP contribution is -2.49. The molecular weight excluding hydrogens is 324 g/mol. The van der Waals surface area contributed by atoms with Crippen LogP contribution < -0.4 is 15.0 Å². The molecule has 0 aliphatic carbocycles. The maximum absolute atomic E-state index is 12.3. The molecule has 0 bridgehead atoms. The fourth-order valence-corrected chi connectivity index (χ4v) is 2.80. The average Bonchev–Trinajstić information content (AvgIpc) is 2.55. The lowest BCUT2D eigenvalue weighted by molar-refractivity contribution is -0.142. The van der Waals surface area contributed by atoms with Crippen molar-refractivity contribution in [1.82, 2.24) is 5.32 Å². The number of hydrogen-bond acceptors (Lipinski definition) is 4. The Morgan fingerprint density at radius 1 is 1.32 bits per heavy atom. The van der Waals surface area contributed by atoms with Gasteiger partial charge in [-0.1, -0.05) is 26.0 Å². The Morgan fingerprint density at radius 2 is 2.00 bits per heavy atom. The van der Waals surface area contributed by atoms with Crippen LogP contribution in [0.25, 0.3) is 0 Å². The molecule has 7 heteroatoms. The van der Waals surface area contributed by atoms with Crippen LogP contribution in [0.5, 0.6) is 5.75 Å². The van der Waals surface area contributed by atoms with Crippen molar-refractivity contribution in [2.45, 2.75) is 33.3 Å². The predicted octanol–water partition coefficient (Wildman–Crippen LogP) is 1.66. The van der Waals surface area contributed by atoms with Gasteiger partial charge in [-0.2, -0.15) is 0 Å². The molecule has 1 aromatic rings. The highest BCUT2D eigenvalue weighted by Crippen LogP contribution is 2.33. The molecule has 0 saturated carbocycles. The Hall–Kier alpha value is -2.57. The number of hydrogen-bond donors (Lipinski definition) is 2. The predicted molar refractivity (Wildman–Crippen MR) is 92.5 cm³/mol. The smallest absolute Gasteiger partial charge is 0.308 e. The van der Waals surface area contributed by atoms with E-state index in [9.17, 15) is 19.5 Å². The molecule has 1 aliphatic rings. The number of amides is 2. The Labute approximate surface area is 147 Å². The summed E-state index contributed by atoms with van der Waals surface area (Å²) < 4.78 is 5.53. The molecule has 1 aromatic carbocycles. The average molecular weight is 348 g/mol. The van der Waals surface area contributed by atoms with Crippen molar-refractivity contribution >= 4 is 23.5 Å². The SMILES string of the molecule is CC(C)CC(CNC(=O)CN1C(=O)C(C)Oc2ccccc21)C(=O)O. The number of para-hydroxylation sites is 2. The highest BCUT2D eigenvalue weighted by atomic mass is 16.5. The maximum atomic E-state index is 12.3. The van der Waals surface area contributed by atoms with Gasteiger partial charge in [0.25, 0.3) is 5.91 Å². The van der Waals surface area contributed by atoms with Gasteiger partial charge in [0.15, 0.2) is 6.10 Å². The number of rotatable bonds is 7. The summed E-state index contributed by atoms with van der Waals surface area (Å²) in [6, 6.07) is 7.01. The van der Waals surface area contributed by atoms with Crippen molar-refractivity contribution in [2.24, 2.45) is 11.8 Å². The van der Waals surface area contributed by atoms with Gasteiger partial charge >= 0.3 is 5.97 Å². The van der Waals surface area contributed by atoms with E-state index in [-0.39, 0.29) is 24.9 Å². The Bertz CT molecular complexity index is 659. The normalized spacial score (nSPS) is 17.7. The minimum absolute atomic E-state index is 0.0437. The summed E-state index contributed by atoms with van der Waals surface area (Å²) in [5.74, 6) is -1.51. The number of fused-ring (bicyclic) bond motifs is 1. The zero-order chi connectivity index (χ0) is 18.6. The van der Waals surface area contributed by atoms with Crippen LogP contribution in [-0.4, -0.2) is 42.1 Å². The topological polar surface area (TPSA) is 95.9 Å². The standard InChI is InChI=1S/C18H24N2O5/c1-11(2)8-13(18(23)24)9-19-16(21)10-20-14-6-4-5-7-15(14)25-12(3)17(20)22/h4-7,11-13H,8-10H2,1-3H3,(H,19,21)(H,23,24). The zero-order valence-corrected chi connectivity index (χ0v) is 14.7. The number of carbonyl (C=O) groups is 3. The molecule has 0 aromatic heterocycles. The largest absolute Gasteiger partial charge is 0.481 e. The number of aliphatic carboxylic acids is 1. The Morgan fingerprint density at radius 3 is 2.64 bits per heavy atom. The minimum atomic E-state index is -0.935. The fourth-order valence-electron chi connectivity index (χ4n) is 2.80. The summed E-state index contributed by atoms with van der Waals surface area (Å²) in [6.45, 7) is 5.37. The van der Waals surface area contributed by atoms with E-state index >= 15 is 0 Å². The first-order valence-electron chi connectivity index (χ1n) is 8.36. The molecule has 2 unspecified atom stereocenters. The highest BCUT2D eigenvalue weighted by Gasteiger charge is 2.32. The molecular formula is C18H24N2O5. The molecule has 1 aliphatic heterocycles. The van der Waals surface area contributed by atoms with Crippen LogP contribution in [0.2, 0.25) is 0 Å². The summed E-state index contributed by atoms with van der Waals surface area (Å²) in [4.78, 5) is 37.2. The molecule has 2 N–H and O–H groups in total. The molecule has 136 valence electrons. The van der Waals surface area contributed by atoms with Crippen LogP contribution >= 0.6 is 0 Å². The Balaban J connectivity index is 2.02. The van der Waals surface area contributed by atoms with Gasteiger partial charge in [-0.15, -0.1) is 0 Å². The molecule has 2 rings (SSSR count). The third-order valence-electron chi connectivity index (χ3n) is 4.03. The highest BCUT2D eigenvalue weighted by molar-refractivity contribution is 6.03. The minimum Gasteiger partial charge on any atom is -0.481 e. The molecule has 2 amide bonds. The quantitative estimate of drug-likeness (QED) is 0.781. The second kappa shape index (κ2) is 8.00. The van der Waals surface area contributed by atoms with Gasteiger partial charge in [0, 0.05) is 6.54 Å². The molecule has 7 nitrogen and oxygen atoms in total. The van der Waals surface area contributed by atoms with Crippen LogP contribution in [0.3, 0.4) is 0 Å². The zero-order valence-electron chi connectivity index (χ0n) is 14.7. The monoisotopic (exact) mass is 348 g/mol. The molecule has 0 fully saturated rings. The summed E-state index contributed by atoms with van der Waals surface area (Å²) in [5, 5.41) is 11.9. The van der Waals surface area contributed by atoms with E-state index in [1.165, 1.54) is 4.90 Å². The van der Waals surface area contributed by atoms with E-state index in [0.717, 1.165) is 0 Å². The number of nitrogens with zero attached hydrogens (tertiary/aromatic N) is 1. The number of carbonyl (C=O) groups excluding carboxylic acids is 2. The van der Waals surface area contributed by atoms with Gasteiger partial charge in [-0.25, -0.2) is 0 Å². The number of nitrogens with one attached hydrogen (secondary N) is 1. The molecule has 0 spiro atoms. The van der Waals surface area contributed by atoms with Crippen molar-refractivity contribution in [3.8, 4) is 5.75 Å². The third kappa shape index (κ3) is 4.71. The van der Waals surface area contributed by atoms with Crippen LogP contribution in [0.4, 0.5) is 5.69 Å². The summed E-state index contributed by atoms with van der Waals surface area (Å²) >= 11 is 0. The van der Waals surface area contributed by atoms with E-state index in [1.807, 2.05) is 13.8 Å². The molecule has 25 heavy (non-hydrogen) atoms. The first-order valence-corrected chi connectivity index (χ1v) is 8.36. The summed E-state index contributed by atoms with van der Waals surface area (Å²) in [6.07, 6.45) is -0.193. The first kappa shape index (κ1) is 18.8. The van der Waals surface area contributed by atoms with E-state index in [2.05, 4.69) is 5.32 Å². The van der Waals surface area contributed by atoms with Gasteiger partial charge in [-0.05, 0) is 31.4 Å². The Kier molecular flexibility index (Phi) is 6.01. The van der Waals surface area contributed by atoms with Gasteiger partial charge in [0.05, 0.1) is 11.6 Å². The van der Waals surface area contributed by atoms with Crippen LogP contribution in [0, 0.1) is 11.8 Å². The van der Waals surface area contributed by atoms with Crippen molar-refractivity contribution in [1.29, 1.82) is 0 Å². The fraction of sp³-hybridized carbons (Fsp3) is 0.500.